The van der Waals surface area contributed by atoms with Crippen LogP contribution in [-0.4, -0.2) is 33.6 Å². The van der Waals surface area contributed by atoms with Gasteiger partial charge in [0, 0.05) is 17.5 Å². The lowest BCUT2D eigenvalue weighted by atomic mass is 9.84. The summed E-state index contributed by atoms with van der Waals surface area (Å²) in [6.07, 6.45) is 7.32. The van der Waals surface area contributed by atoms with Crippen LogP contribution in [-0.2, 0) is 0 Å². The highest BCUT2D eigenvalue weighted by Crippen LogP contribution is 2.42. The van der Waals surface area contributed by atoms with E-state index in [9.17, 15) is 4.79 Å². The van der Waals surface area contributed by atoms with E-state index in [1.807, 2.05) is 11.8 Å². The zero-order valence-corrected chi connectivity index (χ0v) is 10.6. The molecule has 1 aromatic heterocycles. The van der Waals surface area contributed by atoms with Gasteiger partial charge in [0.25, 0.3) is 0 Å². The smallest absolute Gasteiger partial charge is 0.337 e. The van der Waals surface area contributed by atoms with Crippen LogP contribution in [0.1, 0.15) is 29.6 Å². The molecular weight excluding hydrogens is 236 g/mol. The maximum absolute atomic E-state index is 10.7. The van der Waals surface area contributed by atoms with Gasteiger partial charge < -0.3 is 10.4 Å². The summed E-state index contributed by atoms with van der Waals surface area (Å²) in [5.74, 6) is -0.195. The van der Waals surface area contributed by atoms with Crippen molar-refractivity contribution in [1.29, 1.82) is 0 Å². The fraction of sp³-hybridized carbons (Fsp3) is 0.500. The van der Waals surface area contributed by atoms with Gasteiger partial charge in [-0.3, -0.25) is 0 Å². The first-order valence-corrected chi connectivity index (χ1v) is 6.86. The zero-order valence-electron chi connectivity index (χ0n) is 9.77. The molecule has 1 aromatic rings. The van der Waals surface area contributed by atoms with E-state index < -0.39 is 5.97 Å². The first-order valence-electron chi connectivity index (χ1n) is 5.64. The van der Waals surface area contributed by atoms with Crippen LogP contribution in [0.2, 0.25) is 0 Å². The average Bonchev–Trinajstić information content (AvgIpc) is 2.29. The van der Waals surface area contributed by atoms with Gasteiger partial charge in [-0.25, -0.2) is 9.78 Å². The van der Waals surface area contributed by atoms with Crippen LogP contribution >= 0.6 is 11.8 Å². The molecule has 1 aliphatic rings. The minimum Gasteiger partial charge on any atom is -0.478 e. The average molecular weight is 252 g/mol. The Morgan fingerprint density at radius 1 is 1.59 bits per heavy atom. The molecule has 0 saturated heterocycles. The molecular formula is C12H16N2O2S. The highest BCUT2D eigenvalue weighted by atomic mass is 32.2. The molecule has 0 unspecified atom stereocenters. The van der Waals surface area contributed by atoms with Gasteiger partial charge in [0.05, 0.1) is 5.56 Å². The number of aromatic carboxylic acids is 1. The molecule has 0 amide bonds. The van der Waals surface area contributed by atoms with Crippen LogP contribution in [0.25, 0.3) is 0 Å². The Bertz CT molecular complexity index is 396. The summed E-state index contributed by atoms with van der Waals surface area (Å²) in [6, 6.07) is 3.29. The van der Waals surface area contributed by atoms with Crippen LogP contribution in [0, 0.1) is 0 Å². The number of anilines is 1. The topological polar surface area (TPSA) is 62.2 Å². The first-order chi connectivity index (χ1) is 8.15. The lowest BCUT2D eigenvalue weighted by molar-refractivity contribution is 0.0696. The molecule has 1 heterocycles. The Kier molecular flexibility index (Phi) is 3.57. The molecule has 0 radical (unpaired) electrons. The van der Waals surface area contributed by atoms with Crippen molar-refractivity contribution in [2.24, 2.45) is 0 Å². The van der Waals surface area contributed by atoms with Crippen molar-refractivity contribution in [3.63, 3.8) is 0 Å². The highest BCUT2D eigenvalue weighted by Gasteiger charge is 2.35. The van der Waals surface area contributed by atoms with E-state index in [2.05, 4.69) is 16.6 Å². The molecule has 1 aliphatic carbocycles. The molecule has 2 rings (SSSR count). The second-order valence-electron chi connectivity index (χ2n) is 4.33. The summed E-state index contributed by atoms with van der Waals surface area (Å²) in [5.41, 5.74) is 0.221. The molecule has 0 bridgehead atoms. The minimum absolute atomic E-state index is 0.221. The van der Waals surface area contributed by atoms with Crippen molar-refractivity contribution in [1.82, 2.24) is 4.98 Å². The van der Waals surface area contributed by atoms with Crippen LogP contribution < -0.4 is 5.32 Å². The Hall–Kier alpha value is -1.23. The molecule has 2 N–H and O–H groups in total. The molecule has 1 saturated carbocycles. The van der Waals surface area contributed by atoms with E-state index in [1.54, 1.807) is 12.1 Å². The summed E-state index contributed by atoms with van der Waals surface area (Å²) in [6.45, 7) is 0.896. The Balaban J connectivity index is 1.93. The maximum Gasteiger partial charge on any atom is 0.337 e. The summed E-state index contributed by atoms with van der Waals surface area (Å²) in [4.78, 5) is 14.8. The summed E-state index contributed by atoms with van der Waals surface area (Å²) < 4.78 is 0.354. The molecule has 0 aliphatic heterocycles. The second-order valence-corrected chi connectivity index (χ2v) is 5.61. The number of nitrogens with zero attached hydrogens (tertiary/aromatic N) is 1. The Morgan fingerprint density at radius 2 is 2.35 bits per heavy atom. The number of pyridine rings is 1. The second kappa shape index (κ2) is 4.96. The lowest BCUT2D eigenvalue weighted by Gasteiger charge is -2.40. The number of carboxylic acid groups (broad SMARTS) is 1. The maximum atomic E-state index is 10.7. The number of nitrogens with one attached hydrogen (secondary N) is 1. The third kappa shape index (κ3) is 2.72. The molecule has 5 heteroatoms. The van der Waals surface area contributed by atoms with Gasteiger partial charge in [-0.2, -0.15) is 11.8 Å². The van der Waals surface area contributed by atoms with Gasteiger partial charge in [-0.1, -0.05) is 6.42 Å². The van der Waals surface area contributed by atoms with Crippen LogP contribution in [0.4, 0.5) is 5.82 Å². The number of aromatic nitrogens is 1. The fourth-order valence-electron chi connectivity index (χ4n) is 1.90. The zero-order chi connectivity index (χ0) is 12.3. The van der Waals surface area contributed by atoms with Gasteiger partial charge in [-0.15, -0.1) is 0 Å². The number of rotatable bonds is 5. The standard InChI is InChI=1S/C12H16N2O2S/c1-17-12(5-2-6-12)8-14-10-4-3-9(7-13-10)11(15)16/h3-4,7H,2,5-6,8H2,1H3,(H,13,14)(H,15,16). The molecule has 0 aromatic carbocycles. The van der Waals surface area contributed by atoms with E-state index in [-0.39, 0.29) is 5.56 Å². The van der Waals surface area contributed by atoms with E-state index in [0.29, 0.717) is 4.75 Å². The van der Waals surface area contributed by atoms with Crippen molar-refractivity contribution >= 4 is 23.5 Å². The SMILES string of the molecule is CSC1(CNc2ccc(C(=O)O)cn2)CCC1. The molecule has 4 nitrogen and oxygen atoms in total. The quantitative estimate of drug-likeness (QED) is 0.843. The monoisotopic (exact) mass is 252 g/mol. The Morgan fingerprint density at radius 3 is 2.76 bits per heavy atom. The van der Waals surface area contributed by atoms with Crippen molar-refractivity contribution < 1.29 is 9.90 Å². The fourth-order valence-corrected chi connectivity index (χ4v) is 2.81. The summed E-state index contributed by atoms with van der Waals surface area (Å²) in [7, 11) is 0. The molecule has 0 spiro atoms. The van der Waals surface area contributed by atoms with Crippen molar-refractivity contribution in [2.75, 3.05) is 18.1 Å². The van der Waals surface area contributed by atoms with Crippen molar-refractivity contribution in [3.8, 4) is 0 Å². The van der Waals surface area contributed by atoms with Crippen LogP contribution in [0.3, 0.4) is 0 Å². The summed E-state index contributed by atoms with van der Waals surface area (Å²) >= 11 is 1.90. The van der Waals surface area contributed by atoms with E-state index in [4.69, 9.17) is 5.11 Å². The van der Waals surface area contributed by atoms with Crippen LogP contribution in [0.15, 0.2) is 18.3 Å². The number of hydrogen-bond acceptors (Lipinski definition) is 4. The third-order valence-corrected chi connectivity index (χ3v) is 4.72. The van der Waals surface area contributed by atoms with E-state index >= 15 is 0 Å². The minimum atomic E-state index is -0.941. The van der Waals surface area contributed by atoms with Gasteiger partial charge in [-0.05, 0) is 31.2 Å². The number of thioether (sulfide) groups is 1. The number of carboxylic acids is 1. The number of carbonyl (C=O) groups is 1. The molecule has 0 atom stereocenters. The predicted octanol–water partition coefficient (Wildman–Crippen LogP) is 2.48. The first kappa shape index (κ1) is 12.2. The molecule has 17 heavy (non-hydrogen) atoms. The highest BCUT2D eigenvalue weighted by molar-refractivity contribution is 8.00. The van der Waals surface area contributed by atoms with Gasteiger partial charge in [0.2, 0.25) is 0 Å². The largest absolute Gasteiger partial charge is 0.478 e. The van der Waals surface area contributed by atoms with Crippen molar-refractivity contribution in [3.05, 3.63) is 23.9 Å². The van der Waals surface area contributed by atoms with Crippen molar-refractivity contribution in [2.45, 2.75) is 24.0 Å². The van der Waals surface area contributed by atoms with E-state index in [0.717, 1.165) is 12.4 Å². The molecule has 92 valence electrons. The normalized spacial score (nSPS) is 17.2. The summed E-state index contributed by atoms with van der Waals surface area (Å²) in [5, 5.41) is 12.0. The molecule has 1 fully saturated rings. The van der Waals surface area contributed by atoms with Crippen LogP contribution in [0.5, 0.6) is 0 Å². The van der Waals surface area contributed by atoms with Gasteiger partial charge >= 0.3 is 5.97 Å². The lowest BCUT2D eigenvalue weighted by Crippen LogP contribution is -2.40. The van der Waals surface area contributed by atoms with E-state index in [1.165, 1.54) is 25.5 Å². The number of hydrogen-bond donors (Lipinski definition) is 2. The van der Waals surface area contributed by atoms with Gasteiger partial charge in [0.1, 0.15) is 5.82 Å². The predicted molar refractivity (Wildman–Crippen MR) is 69.8 cm³/mol. The van der Waals surface area contributed by atoms with Gasteiger partial charge in [0.15, 0.2) is 0 Å². The third-order valence-electron chi connectivity index (χ3n) is 3.30. The Labute approximate surface area is 105 Å².